The van der Waals surface area contributed by atoms with Gasteiger partial charge in [-0.25, -0.2) is 0 Å². The fraction of sp³-hybridized carbons (Fsp3) is 0.471. The van der Waals surface area contributed by atoms with Crippen molar-refractivity contribution in [1.29, 1.82) is 0 Å². The van der Waals surface area contributed by atoms with Gasteiger partial charge in [-0.1, -0.05) is 17.9 Å². The Balaban J connectivity index is 2.22. The average molecular weight is 270 g/mol. The Hall–Kier alpha value is -1.79. The van der Waals surface area contributed by atoms with Crippen LogP contribution in [0.15, 0.2) is 18.2 Å². The van der Waals surface area contributed by atoms with Crippen LogP contribution in [-0.2, 0) is 0 Å². The van der Waals surface area contributed by atoms with Gasteiger partial charge < -0.3 is 10.6 Å². The Labute approximate surface area is 121 Å². The molecular formula is C17H22N2O. The third kappa shape index (κ3) is 3.61. The number of carbonyl (C=O) groups is 1. The van der Waals surface area contributed by atoms with Gasteiger partial charge in [0.05, 0.1) is 6.54 Å². The van der Waals surface area contributed by atoms with Gasteiger partial charge in [-0.3, -0.25) is 4.79 Å². The highest BCUT2D eigenvalue weighted by atomic mass is 16.2. The first-order valence-corrected chi connectivity index (χ1v) is 7.24. The molecule has 1 saturated carbocycles. The molecule has 2 N–H and O–H groups in total. The summed E-state index contributed by atoms with van der Waals surface area (Å²) in [6.07, 6.45) is 2.51. The summed E-state index contributed by atoms with van der Waals surface area (Å²) in [7, 11) is 0. The summed E-state index contributed by atoms with van der Waals surface area (Å²) in [5.41, 5.74) is 8.00. The van der Waals surface area contributed by atoms with Gasteiger partial charge in [0.1, 0.15) is 0 Å². The summed E-state index contributed by atoms with van der Waals surface area (Å²) >= 11 is 0. The molecule has 0 spiro atoms. The first-order chi connectivity index (χ1) is 9.65. The molecule has 0 saturated heterocycles. The van der Waals surface area contributed by atoms with Gasteiger partial charge >= 0.3 is 0 Å². The summed E-state index contributed by atoms with van der Waals surface area (Å²) in [6, 6.07) is 5.78. The van der Waals surface area contributed by atoms with Crippen molar-refractivity contribution in [3.8, 4) is 11.8 Å². The zero-order chi connectivity index (χ0) is 14.5. The second kappa shape index (κ2) is 6.58. The van der Waals surface area contributed by atoms with E-state index in [0.717, 1.165) is 29.8 Å². The Kier molecular flexibility index (Phi) is 4.81. The van der Waals surface area contributed by atoms with Gasteiger partial charge in [0.2, 0.25) is 0 Å². The van der Waals surface area contributed by atoms with E-state index in [2.05, 4.69) is 11.8 Å². The van der Waals surface area contributed by atoms with Crippen LogP contribution >= 0.6 is 0 Å². The summed E-state index contributed by atoms with van der Waals surface area (Å²) in [6.45, 7) is 5.98. The summed E-state index contributed by atoms with van der Waals surface area (Å²) in [5, 5.41) is 0. The van der Waals surface area contributed by atoms with Crippen LogP contribution in [0.1, 0.15) is 41.3 Å². The molecule has 1 aromatic carbocycles. The van der Waals surface area contributed by atoms with Crippen molar-refractivity contribution in [3.05, 3.63) is 34.9 Å². The first kappa shape index (κ1) is 14.6. The molecule has 1 aromatic rings. The van der Waals surface area contributed by atoms with Crippen molar-refractivity contribution in [1.82, 2.24) is 4.90 Å². The molecular weight excluding hydrogens is 248 g/mol. The third-order valence-electron chi connectivity index (χ3n) is 3.65. The van der Waals surface area contributed by atoms with E-state index in [1.807, 2.05) is 36.9 Å². The molecule has 0 radical (unpaired) electrons. The fourth-order valence-corrected chi connectivity index (χ4v) is 2.22. The van der Waals surface area contributed by atoms with Gasteiger partial charge in [0.25, 0.3) is 5.91 Å². The first-order valence-electron chi connectivity index (χ1n) is 7.24. The zero-order valence-corrected chi connectivity index (χ0v) is 12.3. The van der Waals surface area contributed by atoms with Crippen molar-refractivity contribution in [2.45, 2.75) is 26.7 Å². The van der Waals surface area contributed by atoms with Crippen LogP contribution in [-0.4, -0.2) is 30.4 Å². The van der Waals surface area contributed by atoms with E-state index < -0.39 is 0 Å². The predicted octanol–water partition coefficient (Wildman–Crippen LogP) is 2.18. The van der Waals surface area contributed by atoms with E-state index in [1.54, 1.807) is 0 Å². The van der Waals surface area contributed by atoms with Crippen LogP contribution in [0.2, 0.25) is 0 Å². The minimum absolute atomic E-state index is 0.119. The highest BCUT2D eigenvalue weighted by Crippen LogP contribution is 2.30. The maximum Gasteiger partial charge on any atom is 0.254 e. The van der Waals surface area contributed by atoms with E-state index in [-0.39, 0.29) is 5.91 Å². The highest BCUT2D eigenvalue weighted by molar-refractivity contribution is 5.96. The molecule has 2 rings (SSSR count). The summed E-state index contributed by atoms with van der Waals surface area (Å²) in [5.74, 6) is 6.65. The van der Waals surface area contributed by atoms with Crippen LogP contribution in [0.5, 0.6) is 0 Å². The summed E-state index contributed by atoms with van der Waals surface area (Å²) < 4.78 is 0. The maximum absolute atomic E-state index is 12.6. The smallest absolute Gasteiger partial charge is 0.254 e. The molecule has 1 aliphatic carbocycles. The van der Waals surface area contributed by atoms with Gasteiger partial charge in [-0.15, -0.1) is 0 Å². The zero-order valence-electron chi connectivity index (χ0n) is 12.3. The molecule has 0 atom stereocenters. The molecule has 0 unspecified atom stereocenters. The van der Waals surface area contributed by atoms with Crippen LogP contribution < -0.4 is 5.73 Å². The lowest BCUT2D eigenvalue weighted by molar-refractivity contribution is 0.0756. The minimum Gasteiger partial charge on any atom is -0.339 e. The monoisotopic (exact) mass is 270 g/mol. The predicted molar refractivity (Wildman–Crippen MR) is 81.4 cm³/mol. The van der Waals surface area contributed by atoms with E-state index >= 15 is 0 Å². The number of amides is 1. The van der Waals surface area contributed by atoms with Crippen LogP contribution in [0.25, 0.3) is 0 Å². The SMILES string of the molecule is CCN(CC1CC1)C(=O)c1cc(C#CCN)ccc1C. The molecule has 1 aliphatic rings. The molecule has 0 aliphatic heterocycles. The summed E-state index contributed by atoms with van der Waals surface area (Å²) in [4.78, 5) is 14.6. The van der Waals surface area contributed by atoms with Crippen LogP contribution in [0.4, 0.5) is 0 Å². The van der Waals surface area contributed by atoms with E-state index in [4.69, 9.17) is 5.73 Å². The van der Waals surface area contributed by atoms with E-state index in [0.29, 0.717) is 12.5 Å². The van der Waals surface area contributed by atoms with Gasteiger partial charge in [0.15, 0.2) is 0 Å². The lowest BCUT2D eigenvalue weighted by atomic mass is 10.0. The lowest BCUT2D eigenvalue weighted by Gasteiger charge is -2.21. The second-order valence-electron chi connectivity index (χ2n) is 5.32. The molecule has 1 amide bonds. The molecule has 0 heterocycles. The average Bonchev–Trinajstić information content (AvgIpc) is 3.27. The molecule has 20 heavy (non-hydrogen) atoms. The van der Waals surface area contributed by atoms with Gasteiger partial charge in [-0.2, -0.15) is 0 Å². The quantitative estimate of drug-likeness (QED) is 0.852. The fourth-order valence-electron chi connectivity index (χ4n) is 2.22. The Bertz CT molecular complexity index is 550. The van der Waals surface area contributed by atoms with Crippen molar-refractivity contribution >= 4 is 5.91 Å². The minimum atomic E-state index is 0.119. The normalized spacial score (nSPS) is 13.6. The van der Waals surface area contributed by atoms with Crippen molar-refractivity contribution < 1.29 is 4.79 Å². The number of nitrogens with two attached hydrogens (primary N) is 1. The second-order valence-corrected chi connectivity index (χ2v) is 5.32. The molecule has 1 fully saturated rings. The molecule has 106 valence electrons. The van der Waals surface area contributed by atoms with Crippen molar-refractivity contribution in [2.75, 3.05) is 19.6 Å². The van der Waals surface area contributed by atoms with Crippen LogP contribution in [0, 0.1) is 24.7 Å². The van der Waals surface area contributed by atoms with Crippen molar-refractivity contribution in [2.24, 2.45) is 11.7 Å². The molecule has 3 nitrogen and oxygen atoms in total. The molecule has 0 bridgehead atoms. The number of aryl methyl sites for hydroxylation is 1. The van der Waals surface area contributed by atoms with E-state index in [9.17, 15) is 4.79 Å². The Morgan fingerprint density at radius 3 is 2.80 bits per heavy atom. The Morgan fingerprint density at radius 1 is 1.45 bits per heavy atom. The highest BCUT2D eigenvalue weighted by Gasteiger charge is 2.26. The number of carbonyl (C=O) groups excluding carboxylic acids is 1. The Morgan fingerprint density at radius 2 is 2.20 bits per heavy atom. The third-order valence-corrected chi connectivity index (χ3v) is 3.65. The number of hydrogen-bond donors (Lipinski definition) is 1. The number of nitrogens with zero attached hydrogens (tertiary/aromatic N) is 1. The topological polar surface area (TPSA) is 46.3 Å². The van der Waals surface area contributed by atoms with E-state index in [1.165, 1.54) is 12.8 Å². The number of hydrogen-bond acceptors (Lipinski definition) is 2. The van der Waals surface area contributed by atoms with Crippen LogP contribution in [0.3, 0.4) is 0 Å². The van der Waals surface area contributed by atoms with Gasteiger partial charge in [0, 0.05) is 24.2 Å². The van der Waals surface area contributed by atoms with Gasteiger partial charge in [-0.05, 0) is 50.3 Å². The lowest BCUT2D eigenvalue weighted by Crippen LogP contribution is -2.33. The van der Waals surface area contributed by atoms with Crippen molar-refractivity contribution in [3.63, 3.8) is 0 Å². The maximum atomic E-state index is 12.6. The number of rotatable bonds is 4. The molecule has 3 heteroatoms. The standard InChI is InChI=1S/C17H22N2O/c1-3-19(12-15-8-9-15)17(20)16-11-14(5-4-10-18)7-6-13(16)2/h6-7,11,15H,3,8-10,12,18H2,1-2H3. The molecule has 0 aromatic heterocycles. The number of benzene rings is 1. The largest absolute Gasteiger partial charge is 0.339 e.